The van der Waals surface area contributed by atoms with Gasteiger partial charge in [0.2, 0.25) is 0 Å². The molecule has 212 valence electrons. The maximum atomic E-state index is 13.4. The fourth-order valence-electron chi connectivity index (χ4n) is 4.11. The van der Waals surface area contributed by atoms with Gasteiger partial charge in [-0.05, 0) is 61.7 Å². The van der Waals surface area contributed by atoms with Crippen molar-refractivity contribution in [2.75, 3.05) is 19.4 Å². The summed E-state index contributed by atoms with van der Waals surface area (Å²) in [5.41, 5.74) is -0.971. The minimum atomic E-state index is -4.59. The molecular formula is C28H30ClF4NO4S. The number of benzene rings is 3. The number of halogens is 5. The average molecular weight is 588 g/mol. The van der Waals surface area contributed by atoms with Crippen LogP contribution < -0.4 is 4.74 Å². The molecule has 0 aromatic heterocycles. The van der Waals surface area contributed by atoms with Gasteiger partial charge in [-0.15, -0.1) is 0 Å². The second-order valence-corrected chi connectivity index (χ2v) is 12.2. The Morgan fingerprint density at radius 1 is 0.974 bits per heavy atom. The second kappa shape index (κ2) is 12.2. The highest BCUT2D eigenvalue weighted by Crippen LogP contribution is 2.37. The van der Waals surface area contributed by atoms with E-state index in [0.717, 1.165) is 17.9 Å². The first-order valence-electron chi connectivity index (χ1n) is 12.1. The lowest BCUT2D eigenvalue weighted by Gasteiger charge is -2.24. The van der Waals surface area contributed by atoms with E-state index in [-0.39, 0.29) is 28.6 Å². The lowest BCUT2D eigenvalue weighted by molar-refractivity contribution is -0.137. The summed E-state index contributed by atoms with van der Waals surface area (Å²) in [7, 11) is -3.64. The Kier molecular flexibility index (Phi) is 9.69. The van der Waals surface area contributed by atoms with Crippen molar-refractivity contribution in [3.05, 3.63) is 93.8 Å². The van der Waals surface area contributed by atoms with Gasteiger partial charge in [-0.2, -0.15) is 13.2 Å². The Balaban J connectivity index is 1.75. The van der Waals surface area contributed by atoms with Gasteiger partial charge in [0.05, 0.1) is 27.7 Å². The van der Waals surface area contributed by atoms with Gasteiger partial charge in [-0.25, -0.2) is 12.8 Å². The molecule has 0 bridgehead atoms. The van der Waals surface area contributed by atoms with E-state index in [2.05, 4.69) is 0 Å². The van der Waals surface area contributed by atoms with Crippen LogP contribution in [0.3, 0.4) is 0 Å². The van der Waals surface area contributed by atoms with Crippen molar-refractivity contribution in [2.24, 2.45) is 0 Å². The Morgan fingerprint density at radius 2 is 1.64 bits per heavy atom. The SMILES string of the molecule is CC(C)(O)c1ccc(OCCCN(Cc2ccc(F)cc2)Cc2cccc(C(F)(F)F)c2Cl)cc1S(C)(=O)=O. The average Bonchev–Trinajstić information content (AvgIpc) is 2.82. The zero-order chi connectivity index (χ0) is 29.0. The summed E-state index contributed by atoms with van der Waals surface area (Å²) in [4.78, 5) is 1.83. The zero-order valence-electron chi connectivity index (χ0n) is 21.7. The van der Waals surface area contributed by atoms with Crippen LogP contribution in [0.25, 0.3) is 0 Å². The number of rotatable bonds is 11. The highest BCUT2D eigenvalue weighted by atomic mass is 35.5. The van der Waals surface area contributed by atoms with Gasteiger partial charge in [-0.1, -0.05) is 41.9 Å². The summed E-state index contributed by atoms with van der Waals surface area (Å²) in [6, 6.07) is 14.0. The van der Waals surface area contributed by atoms with Crippen LogP contribution in [0.2, 0.25) is 5.02 Å². The smallest absolute Gasteiger partial charge is 0.417 e. The van der Waals surface area contributed by atoms with Gasteiger partial charge in [0.1, 0.15) is 11.6 Å². The molecule has 3 rings (SSSR count). The number of sulfone groups is 1. The van der Waals surface area contributed by atoms with Crippen molar-refractivity contribution in [3.63, 3.8) is 0 Å². The van der Waals surface area contributed by atoms with E-state index in [1.54, 1.807) is 18.2 Å². The van der Waals surface area contributed by atoms with Gasteiger partial charge in [0, 0.05) is 31.5 Å². The molecular weight excluding hydrogens is 558 g/mol. The van der Waals surface area contributed by atoms with Crippen LogP contribution in [0.5, 0.6) is 5.75 Å². The monoisotopic (exact) mass is 587 g/mol. The summed E-state index contributed by atoms with van der Waals surface area (Å²) < 4.78 is 83.7. The molecule has 39 heavy (non-hydrogen) atoms. The van der Waals surface area contributed by atoms with Gasteiger partial charge >= 0.3 is 6.18 Å². The second-order valence-electron chi connectivity index (χ2n) is 9.80. The molecule has 0 saturated heterocycles. The van der Waals surface area contributed by atoms with Gasteiger partial charge in [0.25, 0.3) is 0 Å². The normalized spacial score (nSPS) is 12.7. The van der Waals surface area contributed by atoms with Crippen LogP contribution in [-0.2, 0) is 34.7 Å². The molecule has 0 unspecified atom stereocenters. The third kappa shape index (κ3) is 8.66. The Labute approximate surface area is 230 Å². The van der Waals surface area contributed by atoms with Crippen LogP contribution in [-0.4, -0.2) is 37.8 Å². The summed E-state index contributed by atoms with van der Waals surface area (Å²) in [5, 5.41) is 9.96. The quantitative estimate of drug-likeness (QED) is 0.202. The fraction of sp³-hybridized carbons (Fsp3) is 0.357. The van der Waals surface area contributed by atoms with Crippen LogP contribution in [0.15, 0.2) is 65.6 Å². The third-order valence-electron chi connectivity index (χ3n) is 6.00. The van der Waals surface area contributed by atoms with Crippen molar-refractivity contribution in [1.29, 1.82) is 0 Å². The molecule has 3 aromatic carbocycles. The minimum absolute atomic E-state index is 0.0374. The Hall–Kier alpha value is -2.66. The molecule has 3 aromatic rings. The molecule has 0 aliphatic carbocycles. The first-order valence-corrected chi connectivity index (χ1v) is 14.3. The number of alkyl halides is 3. The van der Waals surface area contributed by atoms with E-state index in [1.807, 2.05) is 4.90 Å². The van der Waals surface area contributed by atoms with E-state index in [4.69, 9.17) is 16.3 Å². The molecule has 5 nitrogen and oxygen atoms in total. The zero-order valence-corrected chi connectivity index (χ0v) is 23.3. The van der Waals surface area contributed by atoms with E-state index >= 15 is 0 Å². The number of hydrogen-bond acceptors (Lipinski definition) is 5. The first-order chi connectivity index (χ1) is 18.1. The van der Waals surface area contributed by atoms with Gasteiger partial charge < -0.3 is 9.84 Å². The lowest BCUT2D eigenvalue weighted by atomic mass is 9.98. The van der Waals surface area contributed by atoms with Crippen LogP contribution >= 0.6 is 11.6 Å². The van der Waals surface area contributed by atoms with E-state index in [1.165, 1.54) is 50.2 Å². The summed E-state index contributed by atoms with van der Waals surface area (Å²) in [6.07, 6.45) is -3.10. The topological polar surface area (TPSA) is 66.8 Å². The van der Waals surface area contributed by atoms with Crippen LogP contribution in [0.4, 0.5) is 17.6 Å². The predicted molar refractivity (Wildman–Crippen MR) is 142 cm³/mol. The van der Waals surface area contributed by atoms with E-state index < -0.39 is 33.0 Å². The standard InChI is InChI=1S/C28H30ClF4NO4S/c1-27(2,35)23-13-12-22(16-25(23)39(3,36)37)38-15-5-14-34(17-19-8-10-21(30)11-9-19)18-20-6-4-7-24(26(20)29)28(31,32)33/h4,6-13,16,35H,5,14-15,17-18H2,1-3H3. The molecule has 0 aliphatic heterocycles. The third-order valence-corrected chi connectivity index (χ3v) is 7.58. The molecule has 0 saturated carbocycles. The van der Waals surface area contributed by atoms with Crippen LogP contribution in [0.1, 0.15) is 42.5 Å². The summed E-state index contributed by atoms with van der Waals surface area (Å²) >= 11 is 6.11. The number of nitrogens with zero attached hydrogens (tertiary/aromatic N) is 1. The molecule has 1 N–H and O–H groups in total. The predicted octanol–water partition coefficient (Wildman–Crippen LogP) is 6.60. The van der Waals surface area contributed by atoms with Crippen molar-refractivity contribution < 1.29 is 35.8 Å². The number of ether oxygens (including phenoxy) is 1. The van der Waals surface area contributed by atoms with Crippen molar-refractivity contribution >= 4 is 21.4 Å². The molecule has 11 heteroatoms. The molecule has 0 aliphatic rings. The van der Waals surface area contributed by atoms with Crippen molar-refractivity contribution in [3.8, 4) is 5.75 Å². The van der Waals surface area contributed by atoms with Gasteiger partial charge in [-0.3, -0.25) is 4.90 Å². The fourth-order valence-corrected chi connectivity index (χ4v) is 5.45. The van der Waals surface area contributed by atoms with Crippen molar-refractivity contribution in [1.82, 2.24) is 4.90 Å². The Bertz CT molecular complexity index is 1390. The largest absolute Gasteiger partial charge is 0.494 e. The highest BCUT2D eigenvalue weighted by molar-refractivity contribution is 7.90. The molecule has 0 atom stereocenters. The Morgan fingerprint density at radius 3 is 2.23 bits per heavy atom. The maximum Gasteiger partial charge on any atom is 0.417 e. The van der Waals surface area contributed by atoms with Crippen molar-refractivity contribution in [2.45, 2.75) is 50.0 Å². The minimum Gasteiger partial charge on any atom is -0.494 e. The lowest BCUT2D eigenvalue weighted by Crippen LogP contribution is -2.26. The number of hydrogen-bond donors (Lipinski definition) is 1. The molecule has 0 radical (unpaired) electrons. The maximum absolute atomic E-state index is 13.4. The molecule has 0 spiro atoms. The van der Waals surface area contributed by atoms with Gasteiger partial charge in [0.15, 0.2) is 9.84 Å². The number of aliphatic hydroxyl groups is 1. The van der Waals surface area contributed by atoms with E-state index in [0.29, 0.717) is 30.8 Å². The van der Waals surface area contributed by atoms with Crippen LogP contribution in [0, 0.1) is 5.82 Å². The molecule has 0 fully saturated rings. The van der Waals surface area contributed by atoms with E-state index in [9.17, 15) is 31.1 Å². The summed E-state index contributed by atoms with van der Waals surface area (Å²) in [6.45, 7) is 3.99. The first kappa shape index (κ1) is 30.9. The summed E-state index contributed by atoms with van der Waals surface area (Å²) in [5.74, 6) is -0.0990. The molecule has 0 heterocycles. The highest BCUT2D eigenvalue weighted by Gasteiger charge is 2.34. The molecule has 0 amide bonds.